The molecule has 0 bridgehead atoms. The van der Waals surface area contributed by atoms with Crippen LogP contribution >= 0.6 is 0 Å². The fraction of sp³-hybridized carbons (Fsp3) is 0.533. The Morgan fingerprint density at radius 1 is 1.41 bits per heavy atom. The zero-order chi connectivity index (χ0) is 19.8. The summed E-state index contributed by atoms with van der Waals surface area (Å²) in [6.45, 7) is 0.324. The molecule has 1 fully saturated rings. The highest BCUT2D eigenvalue weighted by atomic mass is 19.4. The smallest absolute Gasteiger partial charge is 0.350 e. The lowest BCUT2D eigenvalue weighted by Crippen LogP contribution is -2.26. The van der Waals surface area contributed by atoms with Gasteiger partial charge in [0.25, 0.3) is 5.91 Å². The second kappa shape index (κ2) is 7.00. The molecule has 1 amide bonds. The third kappa shape index (κ3) is 4.26. The zero-order valence-electron chi connectivity index (χ0n) is 14.4. The maximum atomic E-state index is 12.9. The second-order valence-corrected chi connectivity index (χ2v) is 6.35. The van der Waals surface area contributed by atoms with E-state index in [2.05, 4.69) is 15.5 Å². The van der Waals surface area contributed by atoms with Gasteiger partial charge in [0, 0.05) is 31.7 Å². The Labute approximate surface area is 151 Å². The van der Waals surface area contributed by atoms with E-state index in [0.717, 1.165) is 29.8 Å². The first-order chi connectivity index (χ1) is 12.7. The number of nitro groups is 1. The highest BCUT2D eigenvalue weighted by Crippen LogP contribution is 2.42. The van der Waals surface area contributed by atoms with Crippen LogP contribution in [-0.4, -0.2) is 36.9 Å². The van der Waals surface area contributed by atoms with Gasteiger partial charge in [-0.15, -0.1) is 0 Å². The number of carbonyl (C=O) groups excluding carboxylic acids is 1. The zero-order valence-corrected chi connectivity index (χ0v) is 14.4. The lowest BCUT2D eigenvalue weighted by atomic mass is 10.2. The van der Waals surface area contributed by atoms with Crippen molar-refractivity contribution in [2.45, 2.75) is 37.9 Å². The molecule has 0 radical (unpaired) electrons. The highest BCUT2D eigenvalue weighted by Gasteiger charge is 2.37. The fourth-order valence-corrected chi connectivity index (χ4v) is 2.74. The van der Waals surface area contributed by atoms with E-state index in [9.17, 15) is 28.1 Å². The van der Waals surface area contributed by atoms with Crippen molar-refractivity contribution in [2.75, 3.05) is 6.54 Å². The summed E-state index contributed by atoms with van der Waals surface area (Å²) >= 11 is 0. The molecule has 1 aliphatic carbocycles. The predicted molar refractivity (Wildman–Crippen MR) is 86.0 cm³/mol. The second-order valence-electron chi connectivity index (χ2n) is 6.35. The molecule has 2 aromatic heterocycles. The van der Waals surface area contributed by atoms with E-state index in [-0.39, 0.29) is 24.7 Å². The first-order valence-corrected chi connectivity index (χ1v) is 8.28. The predicted octanol–water partition coefficient (Wildman–Crippen LogP) is 2.24. The largest absolute Gasteiger partial charge is 0.435 e. The summed E-state index contributed by atoms with van der Waals surface area (Å²) in [4.78, 5) is 22.3. The molecule has 1 saturated carbocycles. The van der Waals surface area contributed by atoms with Crippen LogP contribution in [0.1, 0.15) is 47.1 Å². The molecule has 0 aromatic carbocycles. The number of amides is 1. The van der Waals surface area contributed by atoms with E-state index >= 15 is 0 Å². The molecule has 12 heteroatoms. The van der Waals surface area contributed by atoms with Gasteiger partial charge in [0.15, 0.2) is 5.69 Å². The van der Waals surface area contributed by atoms with E-state index in [0.29, 0.717) is 12.1 Å². The number of hydrogen-bond donors (Lipinski definition) is 1. The van der Waals surface area contributed by atoms with Crippen LogP contribution in [0.2, 0.25) is 0 Å². The van der Waals surface area contributed by atoms with Crippen molar-refractivity contribution in [1.82, 2.24) is 24.9 Å². The van der Waals surface area contributed by atoms with Crippen molar-refractivity contribution in [1.29, 1.82) is 0 Å². The summed E-state index contributed by atoms with van der Waals surface area (Å²) in [6.07, 6.45) is -1.38. The number of alkyl halides is 3. The summed E-state index contributed by atoms with van der Waals surface area (Å²) in [7, 11) is 1.46. The van der Waals surface area contributed by atoms with Crippen molar-refractivity contribution in [3.05, 3.63) is 39.5 Å². The minimum absolute atomic E-state index is 0.0966. The molecule has 2 aromatic rings. The quantitative estimate of drug-likeness (QED) is 0.446. The maximum Gasteiger partial charge on any atom is 0.435 e. The van der Waals surface area contributed by atoms with Gasteiger partial charge in [-0.05, 0) is 25.3 Å². The van der Waals surface area contributed by atoms with Gasteiger partial charge in [-0.2, -0.15) is 23.4 Å². The number of nitrogens with one attached hydrogen (secondary N) is 1. The Morgan fingerprint density at radius 2 is 2.11 bits per heavy atom. The number of carbonyl (C=O) groups is 1. The normalized spacial score (nSPS) is 14.4. The first-order valence-electron chi connectivity index (χ1n) is 8.28. The number of nitrogens with zero attached hydrogens (tertiary/aromatic N) is 5. The van der Waals surface area contributed by atoms with Crippen LogP contribution in [0, 0.1) is 10.1 Å². The third-order valence-electron chi connectivity index (χ3n) is 4.15. The third-order valence-corrected chi connectivity index (χ3v) is 4.15. The molecule has 3 rings (SSSR count). The lowest BCUT2D eigenvalue weighted by molar-refractivity contribution is -0.385. The maximum absolute atomic E-state index is 12.9. The monoisotopic (exact) mass is 386 g/mol. The molecule has 27 heavy (non-hydrogen) atoms. The molecule has 2 heterocycles. The van der Waals surface area contributed by atoms with Crippen LogP contribution in [-0.2, 0) is 19.8 Å². The van der Waals surface area contributed by atoms with Crippen molar-refractivity contribution < 1.29 is 22.9 Å². The minimum Gasteiger partial charge on any atom is -0.350 e. The van der Waals surface area contributed by atoms with Crippen LogP contribution in [0.4, 0.5) is 18.9 Å². The van der Waals surface area contributed by atoms with Gasteiger partial charge >= 0.3 is 11.9 Å². The number of aromatic nitrogens is 4. The standard InChI is InChI=1S/C15H17F3N6O3/c1-22-8-11(24(26)27)13(21-22)14(25)19-5-2-6-23-10(9-3-4-9)7-12(20-23)15(16,17)18/h7-9H,2-6H2,1H3,(H,19,25). The van der Waals surface area contributed by atoms with E-state index in [1.807, 2.05) is 0 Å². The minimum atomic E-state index is -4.50. The Kier molecular flexibility index (Phi) is 4.89. The highest BCUT2D eigenvalue weighted by molar-refractivity contribution is 5.95. The number of hydrogen-bond acceptors (Lipinski definition) is 5. The van der Waals surface area contributed by atoms with Crippen LogP contribution in [0.25, 0.3) is 0 Å². The topological polar surface area (TPSA) is 108 Å². The van der Waals surface area contributed by atoms with Crippen molar-refractivity contribution in [2.24, 2.45) is 7.05 Å². The van der Waals surface area contributed by atoms with E-state index in [4.69, 9.17) is 0 Å². The van der Waals surface area contributed by atoms with Gasteiger partial charge in [-0.25, -0.2) is 0 Å². The average Bonchev–Trinajstić information content (AvgIpc) is 3.19. The van der Waals surface area contributed by atoms with Crippen LogP contribution in [0.3, 0.4) is 0 Å². The molecule has 0 unspecified atom stereocenters. The molecule has 0 aliphatic heterocycles. The first kappa shape index (κ1) is 18.9. The SMILES string of the molecule is Cn1cc([N+](=O)[O-])c(C(=O)NCCCn2nc(C(F)(F)F)cc2C2CC2)n1. The van der Waals surface area contributed by atoms with Gasteiger partial charge in [-0.1, -0.05) is 0 Å². The summed E-state index contributed by atoms with van der Waals surface area (Å²) < 4.78 is 41.1. The van der Waals surface area contributed by atoms with Gasteiger partial charge in [-0.3, -0.25) is 24.3 Å². The Hall–Kier alpha value is -2.92. The fourth-order valence-electron chi connectivity index (χ4n) is 2.74. The molecule has 0 atom stereocenters. The van der Waals surface area contributed by atoms with Crippen molar-refractivity contribution in [3.8, 4) is 0 Å². The van der Waals surface area contributed by atoms with E-state index < -0.39 is 28.4 Å². The molecule has 0 spiro atoms. The molecular formula is C15H17F3N6O3. The van der Waals surface area contributed by atoms with E-state index in [1.54, 1.807) is 0 Å². The summed E-state index contributed by atoms with van der Waals surface area (Å²) in [5.41, 5.74) is -1.08. The van der Waals surface area contributed by atoms with Crippen LogP contribution in [0.5, 0.6) is 0 Å². The van der Waals surface area contributed by atoms with Gasteiger partial charge in [0.05, 0.1) is 4.92 Å². The number of rotatable bonds is 7. The van der Waals surface area contributed by atoms with Gasteiger partial charge in [0.2, 0.25) is 5.69 Å². The lowest BCUT2D eigenvalue weighted by Gasteiger charge is -2.07. The van der Waals surface area contributed by atoms with E-state index in [1.165, 1.54) is 11.7 Å². The molecule has 9 nitrogen and oxygen atoms in total. The summed E-state index contributed by atoms with van der Waals surface area (Å²) in [5, 5.41) is 20.8. The average molecular weight is 386 g/mol. The van der Waals surface area contributed by atoms with Crippen molar-refractivity contribution in [3.63, 3.8) is 0 Å². The molecular weight excluding hydrogens is 369 g/mol. The Bertz CT molecular complexity index is 869. The van der Waals surface area contributed by atoms with Crippen LogP contribution < -0.4 is 5.32 Å². The number of aryl methyl sites for hydroxylation is 2. The molecule has 1 aliphatic rings. The van der Waals surface area contributed by atoms with Gasteiger partial charge in [0.1, 0.15) is 6.20 Å². The summed E-state index contributed by atoms with van der Waals surface area (Å²) in [6, 6.07) is 1.08. The number of halogens is 3. The van der Waals surface area contributed by atoms with Crippen molar-refractivity contribution >= 4 is 11.6 Å². The Morgan fingerprint density at radius 3 is 2.70 bits per heavy atom. The Balaban J connectivity index is 1.58. The van der Waals surface area contributed by atoms with Gasteiger partial charge < -0.3 is 5.32 Å². The summed E-state index contributed by atoms with van der Waals surface area (Å²) in [5.74, 6) is -0.611. The molecule has 0 saturated heterocycles. The molecule has 146 valence electrons. The molecule has 1 N–H and O–H groups in total. The van der Waals surface area contributed by atoms with Crippen LogP contribution in [0.15, 0.2) is 12.3 Å².